The molecule has 0 aliphatic carbocycles. The Kier molecular flexibility index (Phi) is 16.0. The van der Waals surface area contributed by atoms with Crippen molar-refractivity contribution in [2.75, 3.05) is 65.5 Å². The third-order valence-electron chi connectivity index (χ3n) is 4.80. The zero-order valence-corrected chi connectivity index (χ0v) is 15.8. The third kappa shape index (κ3) is 14.2. The lowest BCUT2D eigenvalue weighted by Crippen LogP contribution is -2.42. The number of hydrogen-bond acceptors (Lipinski definition) is 5. The summed E-state index contributed by atoms with van der Waals surface area (Å²) >= 11 is 0. The van der Waals surface area contributed by atoms with Crippen LogP contribution in [0.4, 0.5) is 0 Å². The average molecular weight is 343 g/mol. The highest BCUT2D eigenvalue weighted by Gasteiger charge is 2.05. The van der Waals surface area contributed by atoms with Crippen LogP contribution in [0.1, 0.15) is 57.8 Å². The summed E-state index contributed by atoms with van der Waals surface area (Å²) in [5, 5.41) is 19.2. The van der Waals surface area contributed by atoms with Crippen molar-refractivity contribution in [3.05, 3.63) is 0 Å². The van der Waals surface area contributed by atoms with E-state index in [4.69, 9.17) is 5.11 Å². The Balaban J connectivity index is 1.96. The van der Waals surface area contributed by atoms with Crippen molar-refractivity contribution in [3.8, 4) is 0 Å². The Morgan fingerprint density at radius 3 is 1.46 bits per heavy atom. The quantitative estimate of drug-likeness (QED) is 0.430. The summed E-state index contributed by atoms with van der Waals surface area (Å²) in [4.78, 5) is 2.62. The van der Waals surface area contributed by atoms with Gasteiger partial charge in [-0.25, -0.2) is 0 Å². The van der Waals surface area contributed by atoms with Crippen molar-refractivity contribution in [1.82, 2.24) is 20.9 Å². The monoisotopic (exact) mass is 342 g/mol. The minimum atomic E-state index is 0.360. The van der Waals surface area contributed by atoms with Crippen LogP contribution in [0.2, 0.25) is 0 Å². The van der Waals surface area contributed by atoms with E-state index in [9.17, 15) is 0 Å². The van der Waals surface area contributed by atoms with Gasteiger partial charge in [-0.15, -0.1) is 0 Å². The van der Waals surface area contributed by atoms with Crippen molar-refractivity contribution in [3.63, 3.8) is 0 Å². The van der Waals surface area contributed by atoms with E-state index in [1.54, 1.807) is 0 Å². The SMILES string of the molecule is OCCCCCCCCCCCN1CCNCCNCCNCC1. The van der Waals surface area contributed by atoms with Crippen LogP contribution in [0, 0.1) is 0 Å². The summed E-state index contributed by atoms with van der Waals surface area (Å²) in [5.41, 5.74) is 0. The molecule has 0 unspecified atom stereocenters. The predicted molar refractivity (Wildman–Crippen MR) is 104 cm³/mol. The van der Waals surface area contributed by atoms with Crippen LogP contribution in [0.3, 0.4) is 0 Å². The van der Waals surface area contributed by atoms with Gasteiger partial charge in [0.25, 0.3) is 0 Å². The molecule has 0 aromatic heterocycles. The zero-order chi connectivity index (χ0) is 17.1. The number of nitrogens with zero attached hydrogens (tertiary/aromatic N) is 1. The molecule has 0 amide bonds. The van der Waals surface area contributed by atoms with Gasteiger partial charge >= 0.3 is 0 Å². The molecular weight excluding hydrogens is 300 g/mol. The second-order valence-electron chi connectivity index (χ2n) is 7.00. The molecule has 1 fully saturated rings. The Morgan fingerprint density at radius 1 is 0.542 bits per heavy atom. The van der Waals surface area contributed by atoms with E-state index in [1.807, 2.05) is 0 Å². The molecule has 5 heteroatoms. The van der Waals surface area contributed by atoms with E-state index < -0.39 is 0 Å². The lowest BCUT2D eigenvalue weighted by atomic mass is 10.1. The fraction of sp³-hybridized carbons (Fsp3) is 1.00. The van der Waals surface area contributed by atoms with Gasteiger partial charge in [0, 0.05) is 59.0 Å². The van der Waals surface area contributed by atoms with Gasteiger partial charge in [-0.1, -0.05) is 44.9 Å². The standard InChI is InChI=1S/C19H42N4O/c24-19-9-7-5-3-1-2-4-6-8-16-23-17-14-21-12-10-20-11-13-22-15-18-23/h20-22,24H,1-19H2. The van der Waals surface area contributed by atoms with Gasteiger partial charge in [0.05, 0.1) is 0 Å². The maximum absolute atomic E-state index is 8.75. The average Bonchev–Trinajstić information content (AvgIpc) is 2.58. The number of hydrogen-bond donors (Lipinski definition) is 4. The van der Waals surface area contributed by atoms with Gasteiger partial charge in [0.15, 0.2) is 0 Å². The van der Waals surface area contributed by atoms with Gasteiger partial charge in [-0.2, -0.15) is 0 Å². The second-order valence-corrected chi connectivity index (χ2v) is 7.00. The van der Waals surface area contributed by atoms with E-state index in [2.05, 4.69) is 20.9 Å². The van der Waals surface area contributed by atoms with Crippen LogP contribution in [0.25, 0.3) is 0 Å². The normalized spacial score (nSPS) is 18.9. The van der Waals surface area contributed by atoms with Gasteiger partial charge in [0.2, 0.25) is 0 Å². The van der Waals surface area contributed by atoms with Crippen molar-refractivity contribution < 1.29 is 5.11 Å². The minimum absolute atomic E-state index is 0.360. The maximum atomic E-state index is 8.75. The molecule has 1 aliphatic heterocycles. The van der Waals surface area contributed by atoms with Gasteiger partial charge < -0.3 is 26.0 Å². The number of rotatable bonds is 11. The molecule has 144 valence electrons. The fourth-order valence-electron chi connectivity index (χ4n) is 3.22. The molecule has 0 aromatic carbocycles. The number of aliphatic hydroxyl groups is 1. The predicted octanol–water partition coefficient (Wildman–Crippen LogP) is 1.57. The molecule has 0 aromatic rings. The Bertz CT molecular complexity index is 242. The van der Waals surface area contributed by atoms with Crippen LogP contribution >= 0.6 is 0 Å². The van der Waals surface area contributed by atoms with Gasteiger partial charge in [-0.05, 0) is 19.4 Å². The summed E-state index contributed by atoms with van der Waals surface area (Å²) < 4.78 is 0. The molecule has 4 N–H and O–H groups in total. The first-order valence-electron chi connectivity index (χ1n) is 10.4. The molecule has 0 bridgehead atoms. The van der Waals surface area contributed by atoms with E-state index >= 15 is 0 Å². The Morgan fingerprint density at radius 2 is 0.958 bits per heavy atom. The van der Waals surface area contributed by atoms with Crippen molar-refractivity contribution in [2.24, 2.45) is 0 Å². The third-order valence-corrected chi connectivity index (χ3v) is 4.80. The number of nitrogens with one attached hydrogen (secondary N) is 3. The lowest BCUT2D eigenvalue weighted by Gasteiger charge is -2.23. The fourth-order valence-corrected chi connectivity index (χ4v) is 3.22. The molecule has 1 saturated heterocycles. The van der Waals surface area contributed by atoms with E-state index in [-0.39, 0.29) is 0 Å². The molecule has 0 atom stereocenters. The van der Waals surface area contributed by atoms with E-state index in [0.29, 0.717) is 6.61 Å². The molecule has 1 aliphatic rings. The van der Waals surface area contributed by atoms with E-state index in [0.717, 1.165) is 45.7 Å². The maximum Gasteiger partial charge on any atom is 0.0431 e. The number of aliphatic hydroxyl groups excluding tert-OH is 1. The number of unbranched alkanes of at least 4 members (excludes halogenated alkanes) is 8. The summed E-state index contributed by atoms with van der Waals surface area (Å²) in [5.74, 6) is 0. The van der Waals surface area contributed by atoms with Crippen molar-refractivity contribution in [2.45, 2.75) is 57.8 Å². The molecular formula is C19H42N4O. The van der Waals surface area contributed by atoms with Crippen LogP contribution in [-0.4, -0.2) is 75.5 Å². The van der Waals surface area contributed by atoms with Crippen LogP contribution in [0.5, 0.6) is 0 Å². The Labute approximate surface area is 150 Å². The summed E-state index contributed by atoms with van der Waals surface area (Å²) in [7, 11) is 0. The summed E-state index contributed by atoms with van der Waals surface area (Å²) in [6.07, 6.45) is 11.7. The second kappa shape index (κ2) is 17.6. The molecule has 24 heavy (non-hydrogen) atoms. The van der Waals surface area contributed by atoms with E-state index in [1.165, 1.54) is 71.0 Å². The smallest absolute Gasteiger partial charge is 0.0431 e. The largest absolute Gasteiger partial charge is 0.396 e. The lowest BCUT2D eigenvalue weighted by molar-refractivity contribution is 0.264. The molecule has 5 nitrogen and oxygen atoms in total. The summed E-state index contributed by atoms with van der Waals surface area (Å²) in [6.45, 7) is 10.5. The zero-order valence-electron chi connectivity index (χ0n) is 15.8. The Hall–Kier alpha value is -0.200. The van der Waals surface area contributed by atoms with Crippen LogP contribution in [0.15, 0.2) is 0 Å². The van der Waals surface area contributed by atoms with Crippen molar-refractivity contribution in [1.29, 1.82) is 0 Å². The highest BCUT2D eigenvalue weighted by Crippen LogP contribution is 2.09. The first kappa shape index (κ1) is 21.8. The molecule has 1 heterocycles. The minimum Gasteiger partial charge on any atom is -0.396 e. The van der Waals surface area contributed by atoms with Crippen molar-refractivity contribution >= 4 is 0 Å². The highest BCUT2D eigenvalue weighted by molar-refractivity contribution is 4.65. The molecule has 0 radical (unpaired) electrons. The topological polar surface area (TPSA) is 59.6 Å². The molecule has 0 spiro atoms. The summed E-state index contributed by atoms with van der Waals surface area (Å²) in [6, 6.07) is 0. The van der Waals surface area contributed by atoms with Crippen LogP contribution < -0.4 is 16.0 Å². The van der Waals surface area contributed by atoms with Gasteiger partial charge in [-0.3, -0.25) is 0 Å². The molecule has 0 saturated carbocycles. The first-order chi connectivity index (χ1) is 11.9. The highest BCUT2D eigenvalue weighted by atomic mass is 16.2. The van der Waals surface area contributed by atoms with Crippen LogP contribution in [-0.2, 0) is 0 Å². The first-order valence-corrected chi connectivity index (χ1v) is 10.4. The van der Waals surface area contributed by atoms with Gasteiger partial charge in [0.1, 0.15) is 0 Å². The molecule has 1 rings (SSSR count).